The highest BCUT2D eigenvalue weighted by atomic mass is 16.5. The van der Waals surface area contributed by atoms with E-state index in [0.29, 0.717) is 6.04 Å². The van der Waals surface area contributed by atoms with E-state index in [-0.39, 0.29) is 0 Å². The number of nitrogens with zero attached hydrogens (tertiary/aromatic N) is 2. The Balaban J connectivity index is 1.47. The van der Waals surface area contributed by atoms with Crippen LogP contribution in [0.25, 0.3) is 0 Å². The van der Waals surface area contributed by atoms with E-state index in [1.54, 1.807) is 0 Å². The molecule has 24 heavy (non-hydrogen) atoms. The lowest BCUT2D eigenvalue weighted by Crippen LogP contribution is -2.36. The topological polar surface area (TPSA) is 37.4 Å². The number of benzene rings is 1. The van der Waals surface area contributed by atoms with Gasteiger partial charge in [-0.2, -0.15) is 0 Å². The van der Waals surface area contributed by atoms with Gasteiger partial charge in [0, 0.05) is 50.7 Å². The van der Waals surface area contributed by atoms with Gasteiger partial charge in [0.05, 0.1) is 0 Å². The molecule has 0 spiro atoms. The summed E-state index contributed by atoms with van der Waals surface area (Å²) in [6.45, 7) is 4.63. The Kier molecular flexibility index (Phi) is 4.76. The standard InChI is InChI=1S/C20H25N3O/c1-2-5-18-15-23(11-7-16(18)4-1)20-17(6-3-10-21-20)14-22-19-8-12-24-13-9-19/h1-6,10,19,22H,7-9,11-15H2. The van der Waals surface area contributed by atoms with Gasteiger partial charge in [0.25, 0.3) is 0 Å². The average molecular weight is 323 g/mol. The molecule has 0 unspecified atom stereocenters. The van der Waals surface area contributed by atoms with Crippen molar-refractivity contribution in [2.45, 2.75) is 38.4 Å². The van der Waals surface area contributed by atoms with Crippen molar-refractivity contribution in [2.75, 3.05) is 24.7 Å². The first kappa shape index (κ1) is 15.6. The molecule has 3 heterocycles. The number of anilines is 1. The van der Waals surface area contributed by atoms with Gasteiger partial charge < -0.3 is 15.0 Å². The molecule has 2 aromatic rings. The van der Waals surface area contributed by atoms with Crippen LogP contribution in [0.4, 0.5) is 5.82 Å². The average Bonchev–Trinajstić information content (AvgIpc) is 2.67. The molecule has 0 radical (unpaired) electrons. The SMILES string of the molecule is c1ccc2c(c1)CCN(c1ncccc1CNC1CCOCC1)C2. The molecule has 1 aromatic carbocycles. The Morgan fingerprint density at radius 3 is 2.79 bits per heavy atom. The molecule has 1 fully saturated rings. The van der Waals surface area contributed by atoms with Crippen LogP contribution in [0.15, 0.2) is 42.6 Å². The first-order valence-corrected chi connectivity index (χ1v) is 8.97. The third-order valence-corrected chi connectivity index (χ3v) is 5.10. The predicted molar refractivity (Wildman–Crippen MR) is 96.1 cm³/mol. The Labute approximate surface area is 143 Å². The number of pyridine rings is 1. The first-order chi connectivity index (χ1) is 11.9. The maximum atomic E-state index is 5.44. The fraction of sp³-hybridized carbons (Fsp3) is 0.450. The summed E-state index contributed by atoms with van der Waals surface area (Å²) in [4.78, 5) is 7.12. The minimum absolute atomic E-state index is 0.564. The van der Waals surface area contributed by atoms with Crippen LogP contribution in [0.2, 0.25) is 0 Å². The summed E-state index contributed by atoms with van der Waals surface area (Å²) in [6.07, 6.45) is 5.22. The lowest BCUT2D eigenvalue weighted by Gasteiger charge is -2.31. The minimum Gasteiger partial charge on any atom is -0.381 e. The van der Waals surface area contributed by atoms with Crippen LogP contribution in [-0.2, 0) is 24.2 Å². The molecule has 0 saturated carbocycles. The molecule has 1 aromatic heterocycles. The van der Waals surface area contributed by atoms with E-state index in [1.165, 1.54) is 16.7 Å². The van der Waals surface area contributed by atoms with Crippen molar-refractivity contribution < 1.29 is 4.74 Å². The molecule has 2 aliphatic rings. The minimum atomic E-state index is 0.564. The molecule has 4 rings (SSSR count). The van der Waals surface area contributed by atoms with Crippen molar-refractivity contribution in [2.24, 2.45) is 0 Å². The zero-order valence-corrected chi connectivity index (χ0v) is 14.1. The molecule has 0 amide bonds. The Bertz CT molecular complexity index is 682. The molecular formula is C20H25N3O. The van der Waals surface area contributed by atoms with Crippen molar-refractivity contribution in [1.82, 2.24) is 10.3 Å². The van der Waals surface area contributed by atoms with Crippen LogP contribution in [0.5, 0.6) is 0 Å². The number of rotatable bonds is 4. The fourth-order valence-corrected chi connectivity index (χ4v) is 3.69. The van der Waals surface area contributed by atoms with E-state index in [9.17, 15) is 0 Å². The van der Waals surface area contributed by atoms with Crippen molar-refractivity contribution in [3.63, 3.8) is 0 Å². The lowest BCUT2D eigenvalue weighted by atomic mass is 9.99. The molecule has 2 aliphatic heterocycles. The van der Waals surface area contributed by atoms with Crippen LogP contribution in [-0.4, -0.2) is 30.8 Å². The third-order valence-electron chi connectivity index (χ3n) is 5.10. The van der Waals surface area contributed by atoms with Crippen molar-refractivity contribution in [3.05, 3.63) is 59.3 Å². The zero-order chi connectivity index (χ0) is 16.2. The van der Waals surface area contributed by atoms with E-state index in [4.69, 9.17) is 9.72 Å². The van der Waals surface area contributed by atoms with Crippen molar-refractivity contribution in [3.8, 4) is 0 Å². The number of nitrogens with one attached hydrogen (secondary N) is 1. The van der Waals surface area contributed by atoms with Gasteiger partial charge in [-0.15, -0.1) is 0 Å². The van der Waals surface area contributed by atoms with E-state index in [0.717, 1.165) is 57.9 Å². The molecule has 1 saturated heterocycles. The summed E-state index contributed by atoms with van der Waals surface area (Å²) in [5.41, 5.74) is 4.20. The normalized spacial score (nSPS) is 18.4. The highest BCUT2D eigenvalue weighted by Crippen LogP contribution is 2.25. The monoisotopic (exact) mass is 323 g/mol. The molecule has 4 heteroatoms. The second kappa shape index (κ2) is 7.32. The largest absolute Gasteiger partial charge is 0.381 e. The number of aromatic nitrogens is 1. The summed E-state index contributed by atoms with van der Waals surface area (Å²) >= 11 is 0. The van der Waals surface area contributed by atoms with Gasteiger partial charge in [0.2, 0.25) is 0 Å². The molecule has 4 nitrogen and oxygen atoms in total. The van der Waals surface area contributed by atoms with Crippen LogP contribution in [0.1, 0.15) is 29.5 Å². The van der Waals surface area contributed by atoms with E-state index in [1.807, 2.05) is 12.3 Å². The van der Waals surface area contributed by atoms with Gasteiger partial charge in [-0.25, -0.2) is 4.98 Å². The quantitative estimate of drug-likeness (QED) is 0.939. The second-order valence-corrected chi connectivity index (χ2v) is 6.69. The number of fused-ring (bicyclic) bond motifs is 1. The van der Waals surface area contributed by atoms with E-state index >= 15 is 0 Å². The summed E-state index contributed by atoms with van der Waals surface area (Å²) in [7, 11) is 0. The summed E-state index contributed by atoms with van der Waals surface area (Å²) in [5, 5.41) is 3.69. The summed E-state index contributed by atoms with van der Waals surface area (Å²) in [6, 6.07) is 13.6. The van der Waals surface area contributed by atoms with Crippen molar-refractivity contribution in [1.29, 1.82) is 0 Å². The fourth-order valence-electron chi connectivity index (χ4n) is 3.69. The smallest absolute Gasteiger partial charge is 0.133 e. The van der Waals surface area contributed by atoms with Crippen LogP contribution >= 0.6 is 0 Å². The van der Waals surface area contributed by atoms with Crippen LogP contribution in [0, 0.1) is 0 Å². The molecule has 1 N–H and O–H groups in total. The van der Waals surface area contributed by atoms with Gasteiger partial charge >= 0.3 is 0 Å². The Morgan fingerprint density at radius 1 is 1.08 bits per heavy atom. The number of hydrogen-bond acceptors (Lipinski definition) is 4. The van der Waals surface area contributed by atoms with Crippen LogP contribution in [0.3, 0.4) is 0 Å². The maximum Gasteiger partial charge on any atom is 0.133 e. The van der Waals surface area contributed by atoms with Gasteiger partial charge in [-0.3, -0.25) is 0 Å². The van der Waals surface area contributed by atoms with E-state index < -0.39 is 0 Å². The molecular weight excluding hydrogens is 298 g/mol. The van der Waals surface area contributed by atoms with Gasteiger partial charge in [0.15, 0.2) is 0 Å². The molecule has 0 bridgehead atoms. The summed E-state index contributed by atoms with van der Waals surface area (Å²) < 4.78 is 5.44. The number of hydrogen-bond donors (Lipinski definition) is 1. The molecule has 0 atom stereocenters. The summed E-state index contributed by atoms with van der Waals surface area (Å²) in [5.74, 6) is 1.13. The number of ether oxygens (including phenoxy) is 1. The van der Waals surface area contributed by atoms with Gasteiger partial charge in [-0.05, 0) is 36.5 Å². The lowest BCUT2D eigenvalue weighted by molar-refractivity contribution is 0.0776. The Morgan fingerprint density at radius 2 is 1.92 bits per heavy atom. The van der Waals surface area contributed by atoms with Crippen molar-refractivity contribution >= 4 is 5.82 Å². The van der Waals surface area contributed by atoms with Gasteiger partial charge in [-0.1, -0.05) is 30.3 Å². The van der Waals surface area contributed by atoms with Gasteiger partial charge in [0.1, 0.15) is 5.82 Å². The molecule has 126 valence electrons. The Hall–Kier alpha value is -1.91. The van der Waals surface area contributed by atoms with Crippen LogP contribution < -0.4 is 10.2 Å². The third kappa shape index (κ3) is 3.45. The maximum absolute atomic E-state index is 5.44. The first-order valence-electron chi connectivity index (χ1n) is 8.97. The predicted octanol–water partition coefficient (Wildman–Crippen LogP) is 2.91. The van der Waals surface area contributed by atoms with E-state index in [2.05, 4.69) is 40.5 Å². The second-order valence-electron chi connectivity index (χ2n) is 6.69. The highest BCUT2D eigenvalue weighted by Gasteiger charge is 2.20. The molecule has 0 aliphatic carbocycles. The zero-order valence-electron chi connectivity index (χ0n) is 14.1. The highest BCUT2D eigenvalue weighted by molar-refractivity contribution is 5.49.